The summed E-state index contributed by atoms with van der Waals surface area (Å²) in [6, 6.07) is 5.58. The molecule has 7 nitrogen and oxygen atoms in total. The maximum Gasteiger partial charge on any atom is 0.416 e. The van der Waals surface area contributed by atoms with Gasteiger partial charge < -0.3 is 14.5 Å². The van der Waals surface area contributed by atoms with E-state index >= 15 is 0 Å². The molecule has 1 amide bonds. The predicted octanol–water partition coefficient (Wildman–Crippen LogP) is 9.67. The van der Waals surface area contributed by atoms with Crippen LogP contribution in [0.15, 0.2) is 53.3 Å². The van der Waals surface area contributed by atoms with Gasteiger partial charge in [-0.05, 0) is 65.7 Å². The number of amides is 1. The molecule has 5 rings (SSSR count). The average molecular weight is 783 g/mol. The van der Waals surface area contributed by atoms with E-state index < -0.39 is 52.1 Å². The minimum atomic E-state index is -4.65. The van der Waals surface area contributed by atoms with E-state index in [9.17, 15) is 39.9 Å². The number of aromatic nitrogens is 3. The third-order valence-electron chi connectivity index (χ3n) is 6.86. The van der Waals surface area contributed by atoms with Gasteiger partial charge >= 0.3 is 12.4 Å². The Morgan fingerprint density at radius 3 is 2.04 bits per heavy atom. The molecule has 17 heteroatoms. The number of rotatable bonds is 4. The molecule has 0 saturated carbocycles. The Hall–Kier alpha value is -4.05. The van der Waals surface area contributed by atoms with E-state index in [-0.39, 0.29) is 34.1 Å². The Bertz CT molecular complexity index is 1800. The van der Waals surface area contributed by atoms with Crippen molar-refractivity contribution in [2.45, 2.75) is 52.5 Å². The average Bonchev–Trinajstić information content (AvgIpc) is 3.40. The Balaban J connectivity index is 0.000000390. The molecule has 3 aromatic heterocycles. The minimum Gasteiger partial charge on any atom is -0.481 e. The third kappa shape index (κ3) is 9.35. The van der Waals surface area contributed by atoms with Crippen molar-refractivity contribution in [3.8, 4) is 5.88 Å². The second-order valence-electron chi connectivity index (χ2n) is 10.2. The van der Waals surface area contributed by atoms with Crippen LogP contribution in [0.4, 0.5) is 52.3 Å². The van der Waals surface area contributed by atoms with Crippen LogP contribution in [0, 0.1) is 25.5 Å². The molecule has 4 aromatic rings. The van der Waals surface area contributed by atoms with Gasteiger partial charge in [0.05, 0.1) is 34.6 Å². The second-order valence-corrected chi connectivity index (χ2v) is 11.5. The molecule has 0 fully saturated rings. The molecule has 0 aliphatic carbocycles. The van der Waals surface area contributed by atoms with Crippen LogP contribution in [0.2, 0.25) is 5.02 Å². The van der Waals surface area contributed by atoms with Gasteiger partial charge in [0.15, 0.2) is 0 Å². The van der Waals surface area contributed by atoms with Crippen molar-refractivity contribution in [3.63, 3.8) is 0 Å². The Labute approximate surface area is 290 Å². The Morgan fingerprint density at radius 1 is 0.918 bits per heavy atom. The molecule has 49 heavy (non-hydrogen) atoms. The maximum absolute atomic E-state index is 14.5. The molecule has 0 unspecified atom stereocenters. The van der Waals surface area contributed by atoms with Gasteiger partial charge in [-0.3, -0.25) is 4.79 Å². The summed E-state index contributed by atoms with van der Waals surface area (Å²) in [5, 5.41) is -0.392. The quantitative estimate of drug-likeness (QED) is 0.117. The zero-order chi connectivity index (χ0) is 37.0. The first kappa shape index (κ1) is 39.4. The summed E-state index contributed by atoms with van der Waals surface area (Å²) in [4.78, 5) is 27.9. The van der Waals surface area contributed by atoms with Crippen molar-refractivity contribution in [2.75, 3.05) is 24.0 Å². The van der Waals surface area contributed by atoms with Gasteiger partial charge in [-0.15, -0.1) is 0 Å². The van der Waals surface area contributed by atoms with Gasteiger partial charge in [-0.1, -0.05) is 25.4 Å². The monoisotopic (exact) mass is 781 g/mol. The van der Waals surface area contributed by atoms with Crippen LogP contribution in [0.25, 0.3) is 0 Å². The molecule has 0 radical (unpaired) electrons. The standard InChI is InChI=1S/C23H18ClF5N4O2.C7H5BrF3N.C2H6/c1-11-4-13(23(27,28)29)6-20(31-11)33-17-9-21(35-3)30-10-12(17)5-19(33)22(34)32(2)18-7-14(24)15(25)8-16(18)26;1-4-2-5(7(9,10)11)3-6(8)12-4;1-2/h4,6-10,19H,5H2,1-3H3;2-3H,1H3;1-2H3/t19-;;/m0../s1. The van der Waals surface area contributed by atoms with Crippen molar-refractivity contribution in [1.82, 2.24) is 15.0 Å². The first-order valence-corrected chi connectivity index (χ1v) is 15.5. The highest BCUT2D eigenvalue weighted by molar-refractivity contribution is 9.10. The number of hydrogen-bond donors (Lipinski definition) is 0. The summed E-state index contributed by atoms with van der Waals surface area (Å²) in [6.07, 6.45) is -7.45. The van der Waals surface area contributed by atoms with Crippen LogP contribution < -0.4 is 14.5 Å². The first-order valence-electron chi connectivity index (χ1n) is 14.3. The highest BCUT2D eigenvalue weighted by Crippen LogP contribution is 2.42. The highest BCUT2D eigenvalue weighted by Gasteiger charge is 2.41. The second kappa shape index (κ2) is 15.7. The summed E-state index contributed by atoms with van der Waals surface area (Å²) in [5.41, 5.74) is -0.565. The van der Waals surface area contributed by atoms with Gasteiger partial charge in [0, 0.05) is 43.2 Å². The zero-order valence-corrected chi connectivity index (χ0v) is 29.1. The van der Waals surface area contributed by atoms with Gasteiger partial charge in [0.1, 0.15) is 28.1 Å². The maximum atomic E-state index is 14.5. The van der Waals surface area contributed by atoms with E-state index in [1.807, 2.05) is 13.8 Å². The molecule has 1 aliphatic heterocycles. The molecule has 1 aliphatic rings. The number of carbonyl (C=O) groups is 1. The fourth-order valence-corrected chi connectivity index (χ4v) is 5.42. The molecule has 0 spiro atoms. The number of alkyl halides is 6. The topological polar surface area (TPSA) is 71.5 Å². The summed E-state index contributed by atoms with van der Waals surface area (Å²) < 4.78 is 110. The Morgan fingerprint density at radius 2 is 1.49 bits per heavy atom. The largest absolute Gasteiger partial charge is 0.481 e. The molecule has 264 valence electrons. The summed E-state index contributed by atoms with van der Waals surface area (Å²) >= 11 is 8.67. The van der Waals surface area contributed by atoms with E-state index in [2.05, 4.69) is 30.9 Å². The van der Waals surface area contributed by atoms with Crippen LogP contribution in [0.1, 0.15) is 41.9 Å². The lowest BCUT2D eigenvalue weighted by molar-refractivity contribution is -0.138. The fraction of sp³-hybridized carbons (Fsp3) is 0.312. The molecule has 0 N–H and O–H groups in total. The van der Waals surface area contributed by atoms with Crippen molar-refractivity contribution in [1.29, 1.82) is 0 Å². The number of anilines is 3. The third-order valence-corrected chi connectivity index (χ3v) is 7.56. The number of nitrogens with zero attached hydrogens (tertiary/aromatic N) is 5. The highest BCUT2D eigenvalue weighted by atomic mass is 79.9. The van der Waals surface area contributed by atoms with Crippen LogP contribution >= 0.6 is 27.5 Å². The number of methoxy groups -OCH3 is 1. The number of aryl methyl sites for hydroxylation is 2. The van der Waals surface area contributed by atoms with E-state index in [1.54, 1.807) is 0 Å². The van der Waals surface area contributed by atoms with E-state index in [4.69, 9.17) is 16.3 Å². The number of pyridine rings is 3. The fourth-order valence-electron chi connectivity index (χ4n) is 4.74. The minimum absolute atomic E-state index is 0.0447. The number of halogens is 10. The van der Waals surface area contributed by atoms with Crippen LogP contribution in [0.3, 0.4) is 0 Å². The molecule has 1 aromatic carbocycles. The number of fused-ring (bicyclic) bond motifs is 1. The van der Waals surface area contributed by atoms with Gasteiger partial charge in [-0.2, -0.15) is 26.3 Å². The van der Waals surface area contributed by atoms with Crippen molar-refractivity contribution < 1.29 is 44.7 Å². The number of benzene rings is 1. The number of ether oxygens (including phenoxy) is 1. The lowest BCUT2D eigenvalue weighted by atomic mass is 10.1. The smallest absolute Gasteiger partial charge is 0.416 e. The summed E-state index contributed by atoms with van der Waals surface area (Å²) in [5.74, 6) is -2.66. The van der Waals surface area contributed by atoms with E-state index in [0.29, 0.717) is 23.0 Å². The van der Waals surface area contributed by atoms with Crippen molar-refractivity contribution in [2.24, 2.45) is 0 Å². The van der Waals surface area contributed by atoms with Crippen molar-refractivity contribution in [3.05, 3.63) is 98.0 Å². The van der Waals surface area contributed by atoms with Crippen LogP contribution in [-0.2, 0) is 23.6 Å². The zero-order valence-electron chi connectivity index (χ0n) is 26.7. The van der Waals surface area contributed by atoms with Crippen LogP contribution in [-0.4, -0.2) is 41.1 Å². The molecule has 0 bridgehead atoms. The normalized spacial score (nSPS) is 13.9. The number of hydrogen-bond acceptors (Lipinski definition) is 6. The molecular weight excluding hydrogens is 754 g/mol. The summed E-state index contributed by atoms with van der Waals surface area (Å²) in [7, 11) is 2.64. The van der Waals surface area contributed by atoms with Gasteiger partial charge in [0.25, 0.3) is 0 Å². The molecule has 4 heterocycles. The van der Waals surface area contributed by atoms with Gasteiger partial charge in [0.2, 0.25) is 11.8 Å². The SMILES string of the molecule is CC.COc1cc2c(cn1)C[C@@H](C(=O)N(C)c1cc(Cl)c(F)cc1F)N2c1cc(C(F)(F)F)cc(C)n1.Cc1cc(C(F)(F)F)cc(Br)n1. The lowest BCUT2D eigenvalue weighted by Gasteiger charge is -2.30. The molecule has 1 atom stereocenters. The summed E-state index contributed by atoms with van der Waals surface area (Å²) in [6.45, 7) is 6.92. The van der Waals surface area contributed by atoms with Crippen LogP contribution in [0.5, 0.6) is 5.88 Å². The first-order chi connectivity index (χ1) is 22.8. The Kier molecular flexibility index (Phi) is 12.6. The predicted molar refractivity (Wildman–Crippen MR) is 172 cm³/mol. The molecule has 0 saturated heterocycles. The number of carbonyl (C=O) groups excluding carboxylic acids is 1. The molecular formula is C32H29BrClF8N5O2. The van der Waals surface area contributed by atoms with E-state index in [0.717, 1.165) is 35.2 Å². The number of likely N-dealkylation sites (N-methyl/N-ethyl adjacent to an activating group) is 1. The lowest BCUT2D eigenvalue weighted by Crippen LogP contribution is -2.45. The van der Waals surface area contributed by atoms with Gasteiger partial charge in [-0.25, -0.2) is 23.7 Å². The van der Waals surface area contributed by atoms with E-state index in [1.165, 1.54) is 45.2 Å². The van der Waals surface area contributed by atoms with Crippen molar-refractivity contribution >= 4 is 50.6 Å².